The highest BCUT2D eigenvalue weighted by atomic mass is 16.5. The second kappa shape index (κ2) is 10.3. The van der Waals surface area contributed by atoms with Gasteiger partial charge in [0, 0.05) is 19.0 Å². The van der Waals surface area contributed by atoms with Crippen LogP contribution in [0.15, 0.2) is 66.7 Å². The van der Waals surface area contributed by atoms with Crippen LogP contribution in [0.2, 0.25) is 0 Å². The molecule has 0 bridgehead atoms. The van der Waals surface area contributed by atoms with Crippen LogP contribution >= 0.6 is 0 Å². The van der Waals surface area contributed by atoms with E-state index in [9.17, 15) is 9.59 Å². The molecule has 0 saturated heterocycles. The highest BCUT2D eigenvalue weighted by molar-refractivity contribution is 5.94. The van der Waals surface area contributed by atoms with Crippen LogP contribution in [0.4, 0.5) is 0 Å². The Kier molecular flexibility index (Phi) is 7.27. The fraction of sp³-hybridized carbons (Fsp3) is 0.200. The van der Waals surface area contributed by atoms with Gasteiger partial charge in [0.25, 0.3) is 5.91 Å². The molecule has 6 nitrogen and oxygen atoms in total. The standard InChI is InChI=1S/C25H25NO5/c1-17(27)31-22-11-9-20(10-12-22)19-5-7-21(8-6-19)25(28)26-15-14-18-4-13-23(29-2)24(16-18)30-3/h4-13,16H,14-15H2,1-3H3,(H,26,28). The summed E-state index contributed by atoms with van der Waals surface area (Å²) in [5.74, 6) is 1.37. The summed E-state index contributed by atoms with van der Waals surface area (Å²) in [6, 6.07) is 20.3. The predicted molar refractivity (Wildman–Crippen MR) is 119 cm³/mol. The van der Waals surface area contributed by atoms with Crippen LogP contribution in [-0.4, -0.2) is 32.6 Å². The summed E-state index contributed by atoms with van der Waals surface area (Å²) in [5.41, 5.74) is 3.57. The van der Waals surface area contributed by atoms with Crippen LogP contribution in [0, 0.1) is 0 Å². The molecule has 0 aromatic heterocycles. The quantitative estimate of drug-likeness (QED) is 0.436. The van der Waals surface area contributed by atoms with Gasteiger partial charge in [-0.2, -0.15) is 0 Å². The van der Waals surface area contributed by atoms with Gasteiger partial charge in [0.2, 0.25) is 0 Å². The normalized spacial score (nSPS) is 10.3. The third kappa shape index (κ3) is 5.85. The number of hydrogen-bond donors (Lipinski definition) is 1. The van der Waals surface area contributed by atoms with Crippen LogP contribution in [0.3, 0.4) is 0 Å². The Bertz CT molecular complexity index is 1040. The molecule has 1 N–H and O–H groups in total. The minimum Gasteiger partial charge on any atom is -0.493 e. The number of carbonyl (C=O) groups excluding carboxylic acids is 2. The minimum atomic E-state index is -0.353. The van der Waals surface area contributed by atoms with Gasteiger partial charge >= 0.3 is 5.97 Å². The summed E-state index contributed by atoms with van der Waals surface area (Å²) >= 11 is 0. The van der Waals surface area contributed by atoms with Gasteiger partial charge in [0.15, 0.2) is 11.5 Å². The number of esters is 1. The van der Waals surface area contributed by atoms with E-state index in [4.69, 9.17) is 14.2 Å². The summed E-state index contributed by atoms with van der Waals surface area (Å²) < 4.78 is 15.6. The molecule has 0 heterocycles. The molecule has 1 amide bonds. The topological polar surface area (TPSA) is 73.9 Å². The summed E-state index contributed by atoms with van der Waals surface area (Å²) in [6.45, 7) is 1.87. The molecule has 3 aromatic carbocycles. The Morgan fingerprint density at radius 1 is 0.806 bits per heavy atom. The maximum atomic E-state index is 12.4. The molecule has 6 heteroatoms. The van der Waals surface area contributed by atoms with Gasteiger partial charge in [-0.1, -0.05) is 30.3 Å². The largest absolute Gasteiger partial charge is 0.493 e. The number of rotatable bonds is 8. The molecule has 0 saturated carbocycles. The molecule has 0 radical (unpaired) electrons. The lowest BCUT2D eigenvalue weighted by molar-refractivity contribution is -0.131. The first-order valence-corrected chi connectivity index (χ1v) is 9.88. The zero-order valence-corrected chi connectivity index (χ0v) is 17.8. The molecule has 0 unspecified atom stereocenters. The first-order valence-electron chi connectivity index (χ1n) is 9.88. The number of ether oxygens (including phenoxy) is 3. The lowest BCUT2D eigenvalue weighted by atomic mass is 10.0. The van der Waals surface area contributed by atoms with Crippen LogP contribution in [-0.2, 0) is 11.2 Å². The van der Waals surface area contributed by atoms with Gasteiger partial charge in [-0.3, -0.25) is 9.59 Å². The Morgan fingerprint density at radius 2 is 1.42 bits per heavy atom. The summed E-state index contributed by atoms with van der Waals surface area (Å²) in [4.78, 5) is 23.5. The molecule has 0 fully saturated rings. The molecule has 160 valence electrons. The lowest BCUT2D eigenvalue weighted by Crippen LogP contribution is -2.25. The second-order valence-electron chi connectivity index (χ2n) is 6.89. The molecule has 0 aliphatic heterocycles. The van der Waals surface area contributed by atoms with Gasteiger partial charge in [0.1, 0.15) is 5.75 Å². The first kappa shape index (κ1) is 21.9. The van der Waals surface area contributed by atoms with Crippen molar-refractivity contribution in [3.8, 4) is 28.4 Å². The van der Waals surface area contributed by atoms with Gasteiger partial charge in [-0.15, -0.1) is 0 Å². The Balaban J connectivity index is 1.56. The second-order valence-corrected chi connectivity index (χ2v) is 6.89. The molecule has 0 aliphatic carbocycles. The van der Waals surface area contributed by atoms with E-state index in [1.54, 1.807) is 38.5 Å². The summed E-state index contributed by atoms with van der Waals surface area (Å²) in [5, 5.41) is 2.94. The van der Waals surface area contributed by atoms with Crippen molar-refractivity contribution in [2.24, 2.45) is 0 Å². The van der Waals surface area contributed by atoms with Crippen LogP contribution in [0.5, 0.6) is 17.2 Å². The molecule has 0 atom stereocenters. The maximum Gasteiger partial charge on any atom is 0.308 e. The highest BCUT2D eigenvalue weighted by Crippen LogP contribution is 2.27. The molecule has 3 rings (SSSR count). The third-order valence-corrected chi connectivity index (χ3v) is 4.74. The van der Waals surface area contributed by atoms with Crippen molar-refractivity contribution in [1.82, 2.24) is 5.32 Å². The average molecular weight is 419 g/mol. The predicted octanol–water partition coefficient (Wildman–Crippen LogP) is 4.27. The highest BCUT2D eigenvalue weighted by Gasteiger charge is 2.08. The molecular formula is C25H25NO5. The number of hydrogen-bond acceptors (Lipinski definition) is 5. The van der Waals surface area contributed by atoms with E-state index in [-0.39, 0.29) is 11.9 Å². The number of benzene rings is 3. The number of nitrogens with one attached hydrogen (secondary N) is 1. The zero-order chi connectivity index (χ0) is 22.2. The monoisotopic (exact) mass is 419 g/mol. The Labute approximate surface area is 181 Å². The van der Waals surface area contributed by atoms with E-state index in [0.717, 1.165) is 16.7 Å². The van der Waals surface area contributed by atoms with Crippen molar-refractivity contribution >= 4 is 11.9 Å². The van der Waals surface area contributed by atoms with E-state index in [1.165, 1.54) is 6.92 Å². The SMILES string of the molecule is COc1ccc(CCNC(=O)c2ccc(-c3ccc(OC(C)=O)cc3)cc2)cc1OC. The van der Waals surface area contributed by atoms with E-state index < -0.39 is 0 Å². The van der Waals surface area contributed by atoms with Crippen LogP contribution in [0.25, 0.3) is 11.1 Å². The van der Waals surface area contributed by atoms with Crippen molar-refractivity contribution in [2.75, 3.05) is 20.8 Å². The van der Waals surface area contributed by atoms with Gasteiger partial charge in [-0.25, -0.2) is 0 Å². The number of carbonyl (C=O) groups is 2. The van der Waals surface area contributed by atoms with Crippen LogP contribution in [0.1, 0.15) is 22.8 Å². The number of amides is 1. The summed E-state index contributed by atoms with van der Waals surface area (Å²) in [7, 11) is 3.20. The van der Waals surface area contributed by atoms with Gasteiger partial charge in [-0.05, 0) is 59.5 Å². The van der Waals surface area contributed by atoms with Crippen molar-refractivity contribution < 1.29 is 23.8 Å². The molecule has 0 spiro atoms. The molecule has 31 heavy (non-hydrogen) atoms. The Morgan fingerprint density at radius 3 is 2.00 bits per heavy atom. The minimum absolute atomic E-state index is 0.128. The Hall–Kier alpha value is -3.80. The van der Waals surface area contributed by atoms with Gasteiger partial charge < -0.3 is 19.5 Å². The third-order valence-electron chi connectivity index (χ3n) is 4.74. The zero-order valence-electron chi connectivity index (χ0n) is 17.8. The molecular weight excluding hydrogens is 394 g/mol. The van der Waals surface area contributed by atoms with Crippen molar-refractivity contribution in [3.63, 3.8) is 0 Å². The molecule has 0 aliphatic rings. The van der Waals surface area contributed by atoms with E-state index in [2.05, 4.69) is 5.32 Å². The fourth-order valence-electron chi connectivity index (χ4n) is 3.15. The van der Waals surface area contributed by atoms with E-state index in [1.807, 2.05) is 42.5 Å². The molecule has 3 aromatic rings. The maximum absolute atomic E-state index is 12.4. The van der Waals surface area contributed by atoms with Crippen molar-refractivity contribution in [1.29, 1.82) is 0 Å². The lowest BCUT2D eigenvalue weighted by Gasteiger charge is -2.10. The van der Waals surface area contributed by atoms with Crippen molar-refractivity contribution in [3.05, 3.63) is 77.9 Å². The fourth-order valence-corrected chi connectivity index (χ4v) is 3.15. The van der Waals surface area contributed by atoms with Gasteiger partial charge in [0.05, 0.1) is 14.2 Å². The number of methoxy groups -OCH3 is 2. The van der Waals surface area contributed by atoms with Crippen molar-refractivity contribution in [2.45, 2.75) is 13.3 Å². The average Bonchev–Trinajstić information content (AvgIpc) is 2.79. The summed E-state index contributed by atoms with van der Waals surface area (Å²) in [6.07, 6.45) is 0.679. The first-order chi connectivity index (χ1) is 15.0. The van der Waals surface area contributed by atoms with E-state index >= 15 is 0 Å². The van der Waals surface area contributed by atoms with Crippen LogP contribution < -0.4 is 19.5 Å². The smallest absolute Gasteiger partial charge is 0.308 e. The van der Waals surface area contributed by atoms with E-state index in [0.29, 0.717) is 35.8 Å².